The van der Waals surface area contributed by atoms with E-state index in [2.05, 4.69) is 25.9 Å². The molecule has 0 spiro atoms. The molecule has 142 valence electrons. The molecule has 0 saturated carbocycles. The third kappa shape index (κ3) is 5.30. The SMILES string of the molecule is O=C(NCCC1CCNC1)c1nccnc1C(=O)NCc1ccc(F)cc1. The summed E-state index contributed by atoms with van der Waals surface area (Å²) in [7, 11) is 0. The van der Waals surface area contributed by atoms with Crippen molar-refractivity contribution >= 4 is 11.8 Å². The molecule has 8 heteroatoms. The smallest absolute Gasteiger partial charge is 0.272 e. The number of carbonyl (C=O) groups is 2. The van der Waals surface area contributed by atoms with Gasteiger partial charge in [-0.15, -0.1) is 0 Å². The number of rotatable bonds is 7. The van der Waals surface area contributed by atoms with Gasteiger partial charge in [-0.2, -0.15) is 0 Å². The molecule has 0 radical (unpaired) electrons. The normalized spacial score (nSPS) is 16.1. The van der Waals surface area contributed by atoms with Gasteiger partial charge in [0.05, 0.1) is 0 Å². The molecule has 27 heavy (non-hydrogen) atoms. The molecule has 1 aromatic heterocycles. The Morgan fingerprint density at radius 2 is 1.74 bits per heavy atom. The highest BCUT2D eigenvalue weighted by atomic mass is 19.1. The van der Waals surface area contributed by atoms with Gasteiger partial charge in [-0.25, -0.2) is 14.4 Å². The number of hydrogen-bond donors (Lipinski definition) is 3. The zero-order valence-corrected chi connectivity index (χ0v) is 14.9. The Morgan fingerprint density at radius 1 is 1.07 bits per heavy atom. The molecule has 0 aliphatic carbocycles. The number of carbonyl (C=O) groups excluding carboxylic acids is 2. The minimum atomic E-state index is -0.502. The van der Waals surface area contributed by atoms with Crippen LogP contribution in [0.15, 0.2) is 36.7 Å². The molecule has 1 aliphatic rings. The number of benzene rings is 1. The van der Waals surface area contributed by atoms with Crippen LogP contribution in [0, 0.1) is 11.7 Å². The van der Waals surface area contributed by atoms with Crippen molar-refractivity contribution in [3.05, 3.63) is 59.4 Å². The van der Waals surface area contributed by atoms with E-state index in [0.29, 0.717) is 12.5 Å². The zero-order valence-electron chi connectivity index (χ0n) is 14.9. The fraction of sp³-hybridized carbons (Fsp3) is 0.368. The molecule has 2 heterocycles. The van der Waals surface area contributed by atoms with Crippen LogP contribution in [-0.4, -0.2) is 41.4 Å². The van der Waals surface area contributed by atoms with E-state index in [1.165, 1.54) is 24.5 Å². The summed E-state index contributed by atoms with van der Waals surface area (Å²) in [6.45, 7) is 2.71. The van der Waals surface area contributed by atoms with Crippen molar-refractivity contribution in [1.82, 2.24) is 25.9 Å². The lowest BCUT2D eigenvalue weighted by molar-refractivity contribution is 0.0908. The summed E-state index contributed by atoms with van der Waals surface area (Å²) in [6.07, 6.45) is 4.74. The molecule has 2 aromatic rings. The van der Waals surface area contributed by atoms with Gasteiger partial charge in [0.1, 0.15) is 5.82 Å². The minimum Gasteiger partial charge on any atom is -0.351 e. The summed E-state index contributed by atoms with van der Waals surface area (Å²) in [5.41, 5.74) is 0.711. The van der Waals surface area contributed by atoms with Crippen LogP contribution in [0.5, 0.6) is 0 Å². The molecular weight excluding hydrogens is 349 g/mol. The van der Waals surface area contributed by atoms with E-state index in [0.717, 1.165) is 31.5 Å². The van der Waals surface area contributed by atoms with E-state index in [9.17, 15) is 14.0 Å². The van der Waals surface area contributed by atoms with E-state index < -0.39 is 11.8 Å². The quantitative estimate of drug-likeness (QED) is 0.681. The first-order chi connectivity index (χ1) is 13.1. The molecule has 3 rings (SSSR count). The Morgan fingerprint density at radius 3 is 2.37 bits per heavy atom. The second kappa shape index (κ2) is 9.18. The van der Waals surface area contributed by atoms with Gasteiger partial charge >= 0.3 is 0 Å². The van der Waals surface area contributed by atoms with Crippen LogP contribution in [0.25, 0.3) is 0 Å². The molecule has 1 fully saturated rings. The van der Waals surface area contributed by atoms with Crippen LogP contribution >= 0.6 is 0 Å². The van der Waals surface area contributed by atoms with Crippen LogP contribution in [0.1, 0.15) is 39.4 Å². The van der Waals surface area contributed by atoms with Gasteiger partial charge in [0.25, 0.3) is 11.8 Å². The lowest BCUT2D eigenvalue weighted by Crippen LogP contribution is -2.32. The fourth-order valence-electron chi connectivity index (χ4n) is 2.97. The third-order valence-electron chi connectivity index (χ3n) is 4.50. The van der Waals surface area contributed by atoms with Gasteiger partial charge in [-0.1, -0.05) is 12.1 Å². The van der Waals surface area contributed by atoms with Crippen molar-refractivity contribution in [1.29, 1.82) is 0 Å². The van der Waals surface area contributed by atoms with Crippen LogP contribution in [0.2, 0.25) is 0 Å². The van der Waals surface area contributed by atoms with Crippen molar-refractivity contribution in [3.63, 3.8) is 0 Å². The summed E-state index contributed by atoms with van der Waals surface area (Å²) in [6, 6.07) is 5.81. The average molecular weight is 371 g/mol. The predicted octanol–water partition coefficient (Wildman–Crippen LogP) is 1.28. The number of aromatic nitrogens is 2. The Hall–Kier alpha value is -2.87. The van der Waals surface area contributed by atoms with Gasteiger partial charge in [0, 0.05) is 25.5 Å². The molecule has 3 N–H and O–H groups in total. The van der Waals surface area contributed by atoms with Gasteiger partial charge in [-0.05, 0) is 49.5 Å². The van der Waals surface area contributed by atoms with Gasteiger partial charge in [-0.3, -0.25) is 9.59 Å². The van der Waals surface area contributed by atoms with Crippen LogP contribution in [0.3, 0.4) is 0 Å². The largest absolute Gasteiger partial charge is 0.351 e. The highest BCUT2D eigenvalue weighted by molar-refractivity contribution is 6.04. The average Bonchev–Trinajstić information content (AvgIpc) is 3.20. The van der Waals surface area contributed by atoms with Crippen LogP contribution in [-0.2, 0) is 6.54 Å². The summed E-state index contributed by atoms with van der Waals surface area (Å²) in [5.74, 6) is -0.699. The van der Waals surface area contributed by atoms with E-state index in [-0.39, 0.29) is 23.7 Å². The lowest BCUT2D eigenvalue weighted by atomic mass is 10.1. The number of halogens is 1. The standard InChI is InChI=1S/C19H22FN5O2/c20-15-3-1-13(2-4-15)12-25-19(27)17-16(22-9-10-23-17)18(26)24-8-6-14-5-7-21-11-14/h1-4,9-10,14,21H,5-8,11-12H2,(H,24,26)(H,25,27). The lowest BCUT2D eigenvalue weighted by Gasteiger charge is -2.11. The van der Waals surface area contributed by atoms with Gasteiger partial charge < -0.3 is 16.0 Å². The van der Waals surface area contributed by atoms with Gasteiger partial charge in [0.2, 0.25) is 0 Å². The summed E-state index contributed by atoms with van der Waals surface area (Å²) in [4.78, 5) is 32.8. The number of nitrogens with zero attached hydrogens (tertiary/aromatic N) is 2. The second-order valence-corrected chi connectivity index (χ2v) is 6.47. The van der Waals surface area contributed by atoms with E-state index in [1.54, 1.807) is 12.1 Å². The molecule has 1 aliphatic heterocycles. The Labute approximate surface area is 156 Å². The third-order valence-corrected chi connectivity index (χ3v) is 4.50. The monoisotopic (exact) mass is 371 g/mol. The second-order valence-electron chi connectivity index (χ2n) is 6.47. The van der Waals surface area contributed by atoms with E-state index in [4.69, 9.17) is 0 Å². The number of hydrogen-bond acceptors (Lipinski definition) is 5. The van der Waals surface area contributed by atoms with Crippen molar-refractivity contribution in [2.75, 3.05) is 19.6 Å². The van der Waals surface area contributed by atoms with Crippen LogP contribution in [0.4, 0.5) is 4.39 Å². The molecule has 1 aromatic carbocycles. The first-order valence-corrected chi connectivity index (χ1v) is 8.96. The molecule has 1 atom stereocenters. The Bertz CT molecular complexity index is 791. The number of amides is 2. The van der Waals surface area contributed by atoms with Crippen molar-refractivity contribution < 1.29 is 14.0 Å². The van der Waals surface area contributed by atoms with Crippen LogP contribution < -0.4 is 16.0 Å². The highest BCUT2D eigenvalue weighted by Crippen LogP contribution is 2.11. The molecular formula is C19H22FN5O2. The maximum absolute atomic E-state index is 12.9. The maximum Gasteiger partial charge on any atom is 0.272 e. The minimum absolute atomic E-state index is 0.00125. The number of nitrogens with one attached hydrogen (secondary N) is 3. The van der Waals surface area contributed by atoms with E-state index >= 15 is 0 Å². The van der Waals surface area contributed by atoms with Crippen molar-refractivity contribution in [2.24, 2.45) is 5.92 Å². The van der Waals surface area contributed by atoms with Gasteiger partial charge in [0.15, 0.2) is 11.4 Å². The predicted molar refractivity (Wildman–Crippen MR) is 97.5 cm³/mol. The molecule has 2 amide bonds. The summed E-state index contributed by atoms with van der Waals surface area (Å²) < 4.78 is 12.9. The van der Waals surface area contributed by atoms with E-state index in [1.807, 2.05) is 0 Å². The first kappa shape index (κ1) is 18.9. The van der Waals surface area contributed by atoms with Crippen molar-refractivity contribution in [3.8, 4) is 0 Å². The topological polar surface area (TPSA) is 96.0 Å². The fourth-order valence-corrected chi connectivity index (χ4v) is 2.97. The zero-order chi connectivity index (χ0) is 19.1. The van der Waals surface area contributed by atoms with Crippen molar-refractivity contribution in [2.45, 2.75) is 19.4 Å². The Kier molecular flexibility index (Phi) is 6.43. The molecule has 1 saturated heterocycles. The summed E-state index contributed by atoms with van der Waals surface area (Å²) >= 11 is 0. The molecule has 1 unspecified atom stereocenters. The Balaban J connectivity index is 1.57. The first-order valence-electron chi connectivity index (χ1n) is 8.96. The molecule has 0 bridgehead atoms. The maximum atomic E-state index is 12.9. The molecule has 7 nitrogen and oxygen atoms in total. The summed E-state index contributed by atoms with van der Waals surface area (Å²) in [5, 5.41) is 8.78. The highest BCUT2D eigenvalue weighted by Gasteiger charge is 2.20.